The molecule has 0 saturated carbocycles. The molecule has 1 saturated heterocycles. The summed E-state index contributed by atoms with van der Waals surface area (Å²) in [6, 6.07) is 0. The first kappa shape index (κ1) is 10.8. The fraction of sp³-hybridized carbons (Fsp3) is 0.778. The maximum absolute atomic E-state index is 10.9. The zero-order valence-corrected chi connectivity index (χ0v) is 8.46. The Balaban J connectivity index is 2.42. The van der Waals surface area contributed by atoms with E-state index in [1.807, 2.05) is 13.8 Å². The van der Waals surface area contributed by atoms with Crippen molar-refractivity contribution >= 4 is 12.0 Å². The van der Waals surface area contributed by atoms with Gasteiger partial charge in [-0.2, -0.15) is 0 Å². The van der Waals surface area contributed by atoms with E-state index in [9.17, 15) is 9.59 Å². The predicted octanol–water partition coefficient (Wildman–Crippen LogP) is 0.559. The van der Waals surface area contributed by atoms with Crippen LogP contribution in [0, 0.1) is 5.92 Å². The van der Waals surface area contributed by atoms with Crippen LogP contribution in [0.4, 0.5) is 4.79 Å². The van der Waals surface area contributed by atoms with Crippen LogP contribution < -0.4 is 10.6 Å². The van der Waals surface area contributed by atoms with Gasteiger partial charge in [-0.05, 0) is 26.2 Å². The quantitative estimate of drug-likeness (QED) is 0.622. The zero-order valence-electron chi connectivity index (χ0n) is 8.46. The number of amides is 2. The van der Waals surface area contributed by atoms with Crippen molar-refractivity contribution in [3.8, 4) is 0 Å². The van der Waals surface area contributed by atoms with Gasteiger partial charge in [0.05, 0.1) is 0 Å². The van der Waals surface area contributed by atoms with E-state index in [1.54, 1.807) is 0 Å². The van der Waals surface area contributed by atoms with Crippen LogP contribution in [-0.2, 0) is 4.79 Å². The number of hydrogen-bond donors (Lipinski definition) is 3. The van der Waals surface area contributed by atoms with Gasteiger partial charge in [0.15, 0.2) is 0 Å². The first-order valence-corrected chi connectivity index (χ1v) is 4.67. The normalized spacial score (nSPS) is 21.9. The minimum Gasteiger partial charge on any atom is -0.465 e. The summed E-state index contributed by atoms with van der Waals surface area (Å²) < 4.78 is 0. The summed E-state index contributed by atoms with van der Waals surface area (Å²) in [7, 11) is 0. The minimum absolute atomic E-state index is 0.0566. The summed E-state index contributed by atoms with van der Waals surface area (Å²) in [4.78, 5) is 21.4. The van der Waals surface area contributed by atoms with Crippen LogP contribution >= 0.6 is 0 Å². The van der Waals surface area contributed by atoms with Gasteiger partial charge in [-0.25, -0.2) is 4.79 Å². The third kappa shape index (κ3) is 3.24. The molecule has 0 bridgehead atoms. The Morgan fingerprint density at radius 2 is 2.36 bits per heavy atom. The van der Waals surface area contributed by atoms with E-state index >= 15 is 0 Å². The van der Waals surface area contributed by atoms with Gasteiger partial charge in [-0.3, -0.25) is 4.79 Å². The maximum atomic E-state index is 10.9. The second-order valence-electron chi connectivity index (χ2n) is 4.39. The van der Waals surface area contributed by atoms with E-state index in [-0.39, 0.29) is 11.8 Å². The molecule has 5 nitrogen and oxygen atoms in total. The Bertz CT molecular complexity index is 250. The lowest BCUT2D eigenvalue weighted by molar-refractivity contribution is -0.119. The topological polar surface area (TPSA) is 78.4 Å². The number of hydrogen-bond acceptors (Lipinski definition) is 2. The van der Waals surface area contributed by atoms with Crippen molar-refractivity contribution in [3.63, 3.8) is 0 Å². The monoisotopic (exact) mass is 200 g/mol. The third-order valence-corrected chi connectivity index (χ3v) is 2.31. The molecule has 5 heteroatoms. The molecule has 0 aromatic rings. The molecular formula is C9H16N2O3. The Morgan fingerprint density at radius 1 is 1.71 bits per heavy atom. The van der Waals surface area contributed by atoms with Crippen molar-refractivity contribution in [2.45, 2.75) is 32.2 Å². The summed E-state index contributed by atoms with van der Waals surface area (Å²) in [5.41, 5.74) is -0.469. The third-order valence-electron chi connectivity index (χ3n) is 2.31. The smallest absolute Gasteiger partial charge is 0.405 e. The SMILES string of the molecule is CC(C)(C[C@@H]1CNC(=O)C1)NC(=O)O. The average Bonchev–Trinajstić information content (AvgIpc) is 2.30. The van der Waals surface area contributed by atoms with E-state index in [0.717, 1.165) is 0 Å². The lowest BCUT2D eigenvalue weighted by atomic mass is 9.90. The van der Waals surface area contributed by atoms with Crippen LogP contribution in [0.25, 0.3) is 0 Å². The zero-order chi connectivity index (χ0) is 10.8. The van der Waals surface area contributed by atoms with E-state index < -0.39 is 11.6 Å². The van der Waals surface area contributed by atoms with Crippen LogP contribution in [0.1, 0.15) is 26.7 Å². The molecule has 1 aliphatic heterocycles. The maximum Gasteiger partial charge on any atom is 0.405 e. The van der Waals surface area contributed by atoms with E-state index in [0.29, 0.717) is 19.4 Å². The van der Waals surface area contributed by atoms with Crippen LogP contribution in [0.5, 0.6) is 0 Å². The predicted molar refractivity (Wildman–Crippen MR) is 51.0 cm³/mol. The van der Waals surface area contributed by atoms with Crippen molar-refractivity contribution in [1.29, 1.82) is 0 Å². The largest absolute Gasteiger partial charge is 0.465 e. The minimum atomic E-state index is -1.02. The summed E-state index contributed by atoms with van der Waals surface area (Å²) in [6.45, 7) is 4.30. The van der Waals surface area contributed by atoms with Crippen LogP contribution in [0.3, 0.4) is 0 Å². The Hall–Kier alpha value is -1.26. The highest BCUT2D eigenvalue weighted by Gasteiger charge is 2.29. The standard InChI is InChI=1S/C9H16N2O3/c1-9(2,11-8(13)14)4-6-3-7(12)10-5-6/h6,11H,3-5H2,1-2H3,(H,10,12)(H,13,14)/t6-/m1/s1. The molecule has 0 radical (unpaired) electrons. The summed E-state index contributed by atoms with van der Waals surface area (Å²) in [6.07, 6.45) is 0.162. The number of carboxylic acid groups (broad SMARTS) is 1. The van der Waals surface area contributed by atoms with Gasteiger partial charge >= 0.3 is 6.09 Å². The molecule has 80 valence electrons. The van der Waals surface area contributed by atoms with Gasteiger partial charge in [0.2, 0.25) is 5.91 Å². The average molecular weight is 200 g/mol. The van der Waals surface area contributed by atoms with Gasteiger partial charge in [0.25, 0.3) is 0 Å². The first-order valence-electron chi connectivity index (χ1n) is 4.67. The summed E-state index contributed by atoms with van der Waals surface area (Å²) >= 11 is 0. The summed E-state index contributed by atoms with van der Waals surface area (Å²) in [5, 5.41) is 13.8. The highest BCUT2D eigenvalue weighted by atomic mass is 16.4. The van der Waals surface area contributed by atoms with Crippen molar-refractivity contribution < 1.29 is 14.7 Å². The van der Waals surface area contributed by atoms with Crippen molar-refractivity contribution in [2.24, 2.45) is 5.92 Å². The van der Waals surface area contributed by atoms with Crippen molar-refractivity contribution in [2.75, 3.05) is 6.54 Å². The number of rotatable bonds is 3. The van der Waals surface area contributed by atoms with E-state index in [4.69, 9.17) is 5.11 Å². The molecule has 0 aromatic heterocycles. The number of carbonyl (C=O) groups excluding carboxylic acids is 1. The molecule has 1 fully saturated rings. The fourth-order valence-electron chi connectivity index (χ4n) is 1.87. The molecule has 0 unspecified atom stereocenters. The van der Waals surface area contributed by atoms with Gasteiger partial charge in [0.1, 0.15) is 0 Å². The Morgan fingerprint density at radius 3 is 2.79 bits per heavy atom. The van der Waals surface area contributed by atoms with Crippen molar-refractivity contribution in [1.82, 2.24) is 10.6 Å². The van der Waals surface area contributed by atoms with Crippen LogP contribution in [-0.4, -0.2) is 29.2 Å². The summed E-state index contributed by atoms with van der Waals surface area (Å²) in [5.74, 6) is 0.297. The molecule has 14 heavy (non-hydrogen) atoms. The molecule has 1 heterocycles. The molecule has 1 aliphatic rings. The first-order chi connectivity index (χ1) is 6.39. The molecule has 0 spiro atoms. The van der Waals surface area contributed by atoms with Crippen LogP contribution in [0.15, 0.2) is 0 Å². The lowest BCUT2D eigenvalue weighted by Gasteiger charge is -2.26. The molecule has 2 amide bonds. The highest BCUT2D eigenvalue weighted by Crippen LogP contribution is 2.21. The fourth-order valence-corrected chi connectivity index (χ4v) is 1.87. The molecule has 1 atom stereocenters. The van der Waals surface area contributed by atoms with E-state index in [1.165, 1.54) is 0 Å². The second-order valence-corrected chi connectivity index (χ2v) is 4.39. The molecule has 0 aromatic carbocycles. The molecular weight excluding hydrogens is 184 g/mol. The van der Waals surface area contributed by atoms with Crippen molar-refractivity contribution in [3.05, 3.63) is 0 Å². The van der Waals surface area contributed by atoms with Gasteiger partial charge < -0.3 is 15.7 Å². The van der Waals surface area contributed by atoms with Gasteiger partial charge in [-0.15, -0.1) is 0 Å². The molecule has 0 aliphatic carbocycles. The Kier molecular flexibility index (Phi) is 2.98. The van der Waals surface area contributed by atoms with E-state index in [2.05, 4.69) is 10.6 Å². The number of carbonyl (C=O) groups is 2. The molecule has 1 rings (SSSR count). The lowest BCUT2D eigenvalue weighted by Crippen LogP contribution is -2.44. The van der Waals surface area contributed by atoms with Gasteiger partial charge in [-0.1, -0.05) is 0 Å². The van der Waals surface area contributed by atoms with Crippen LogP contribution in [0.2, 0.25) is 0 Å². The molecule has 3 N–H and O–H groups in total. The van der Waals surface area contributed by atoms with Gasteiger partial charge in [0, 0.05) is 18.5 Å². The second kappa shape index (κ2) is 3.86. The highest BCUT2D eigenvalue weighted by molar-refractivity contribution is 5.78. The number of nitrogens with one attached hydrogen (secondary N) is 2. The Labute approximate surface area is 82.9 Å².